The zero-order chi connectivity index (χ0) is 11.8. The van der Waals surface area contributed by atoms with Crippen LogP contribution in [0.4, 0.5) is 0 Å². The summed E-state index contributed by atoms with van der Waals surface area (Å²) in [5.74, 6) is 1.43. The number of ether oxygens (including phenoxy) is 2. The Labute approximate surface area is 94.5 Å². The average Bonchev–Trinajstić information content (AvgIpc) is 2.25. The van der Waals surface area contributed by atoms with E-state index in [4.69, 9.17) is 14.7 Å². The van der Waals surface area contributed by atoms with Crippen molar-refractivity contribution in [3.05, 3.63) is 23.8 Å². The summed E-state index contributed by atoms with van der Waals surface area (Å²) in [6, 6.07) is 5.48. The Morgan fingerprint density at radius 3 is 2.81 bits per heavy atom. The molecule has 0 bridgehead atoms. The maximum Gasteiger partial charge on any atom is 0.133 e. The largest absolute Gasteiger partial charge is 0.497 e. The maximum atomic E-state index is 9.00. The van der Waals surface area contributed by atoms with Crippen LogP contribution in [0.1, 0.15) is 25.8 Å². The van der Waals surface area contributed by atoms with Crippen molar-refractivity contribution in [2.45, 2.75) is 25.9 Å². The van der Waals surface area contributed by atoms with Crippen molar-refractivity contribution < 1.29 is 14.7 Å². The molecular weight excluding hydrogens is 206 g/mol. The van der Waals surface area contributed by atoms with Gasteiger partial charge >= 0.3 is 0 Å². The Morgan fingerprint density at radius 2 is 2.19 bits per heavy atom. The molecule has 0 fully saturated rings. The van der Waals surface area contributed by atoms with E-state index in [1.54, 1.807) is 13.2 Å². The molecule has 2 rings (SSSR count). The van der Waals surface area contributed by atoms with Gasteiger partial charge in [0, 0.05) is 18.1 Å². The summed E-state index contributed by atoms with van der Waals surface area (Å²) < 4.78 is 11.0. The number of hydrogen-bond acceptors (Lipinski definition) is 4. The maximum absolute atomic E-state index is 9.00. The van der Waals surface area contributed by atoms with Gasteiger partial charge in [0.2, 0.25) is 0 Å². The SMILES string of the molecule is COc1ccc2c(c1)OC(C)(C)C/C2=N\O. The van der Waals surface area contributed by atoms with Gasteiger partial charge in [0.1, 0.15) is 17.1 Å². The van der Waals surface area contributed by atoms with E-state index >= 15 is 0 Å². The molecule has 0 spiro atoms. The molecule has 86 valence electrons. The minimum Gasteiger partial charge on any atom is -0.497 e. The molecule has 1 aromatic carbocycles. The van der Waals surface area contributed by atoms with E-state index < -0.39 is 0 Å². The molecule has 1 aliphatic rings. The number of rotatable bonds is 1. The van der Waals surface area contributed by atoms with Crippen molar-refractivity contribution in [3.63, 3.8) is 0 Å². The molecule has 1 N–H and O–H groups in total. The highest BCUT2D eigenvalue weighted by Crippen LogP contribution is 2.35. The van der Waals surface area contributed by atoms with Gasteiger partial charge in [-0.05, 0) is 26.0 Å². The molecule has 0 saturated carbocycles. The molecule has 0 atom stereocenters. The van der Waals surface area contributed by atoms with Crippen molar-refractivity contribution >= 4 is 5.71 Å². The lowest BCUT2D eigenvalue weighted by atomic mass is 9.92. The highest BCUT2D eigenvalue weighted by Gasteiger charge is 2.31. The van der Waals surface area contributed by atoms with E-state index in [2.05, 4.69) is 5.16 Å². The van der Waals surface area contributed by atoms with Crippen molar-refractivity contribution in [2.24, 2.45) is 5.16 Å². The van der Waals surface area contributed by atoms with E-state index in [1.807, 2.05) is 26.0 Å². The molecule has 0 unspecified atom stereocenters. The molecule has 0 saturated heterocycles. The molecular formula is C12H15NO3. The lowest BCUT2D eigenvalue weighted by Crippen LogP contribution is -2.36. The van der Waals surface area contributed by atoms with Gasteiger partial charge < -0.3 is 14.7 Å². The molecule has 0 aliphatic carbocycles. The van der Waals surface area contributed by atoms with E-state index in [9.17, 15) is 0 Å². The van der Waals surface area contributed by atoms with E-state index in [1.165, 1.54) is 0 Å². The third kappa shape index (κ3) is 1.83. The standard InChI is InChI=1S/C12H15NO3/c1-12(2)7-10(13-14)9-5-4-8(15-3)6-11(9)16-12/h4-6,14H,7H2,1-3H3/b13-10+. The monoisotopic (exact) mass is 221 g/mol. The van der Waals surface area contributed by atoms with Crippen molar-refractivity contribution in [1.29, 1.82) is 0 Å². The predicted molar refractivity (Wildman–Crippen MR) is 60.6 cm³/mol. The molecule has 1 aromatic rings. The third-order valence-corrected chi connectivity index (χ3v) is 2.60. The third-order valence-electron chi connectivity index (χ3n) is 2.60. The highest BCUT2D eigenvalue weighted by molar-refractivity contribution is 6.04. The van der Waals surface area contributed by atoms with Crippen molar-refractivity contribution in [3.8, 4) is 11.5 Å². The topological polar surface area (TPSA) is 51.0 Å². The van der Waals surface area contributed by atoms with Gasteiger partial charge in [-0.1, -0.05) is 5.16 Å². The minimum absolute atomic E-state index is 0.360. The number of oxime groups is 1. The Bertz CT molecular complexity index is 438. The number of hydrogen-bond donors (Lipinski definition) is 1. The molecule has 16 heavy (non-hydrogen) atoms. The highest BCUT2D eigenvalue weighted by atomic mass is 16.5. The van der Waals surface area contributed by atoms with Crippen LogP contribution in [0.25, 0.3) is 0 Å². The fourth-order valence-corrected chi connectivity index (χ4v) is 1.87. The van der Waals surface area contributed by atoms with E-state index in [-0.39, 0.29) is 5.60 Å². The summed E-state index contributed by atoms with van der Waals surface area (Å²) in [6.07, 6.45) is 0.586. The predicted octanol–water partition coefficient (Wildman–Crippen LogP) is 2.43. The second kappa shape index (κ2) is 3.70. The van der Waals surface area contributed by atoms with Gasteiger partial charge in [0.15, 0.2) is 0 Å². The first-order valence-corrected chi connectivity index (χ1v) is 5.14. The van der Waals surface area contributed by atoms with Gasteiger partial charge in [-0.15, -0.1) is 0 Å². The van der Waals surface area contributed by atoms with Crippen LogP contribution < -0.4 is 9.47 Å². The number of fused-ring (bicyclic) bond motifs is 1. The van der Waals surface area contributed by atoms with Crippen LogP contribution >= 0.6 is 0 Å². The quantitative estimate of drug-likeness (QED) is 0.585. The van der Waals surface area contributed by atoms with Gasteiger partial charge in [-0.3, -0.25) is 0 Å². The second-order valence-corrected chi connectivity index (χ2v) is 4.45. The smallest absolute Gasteiger partial charge is 0.133 e. The van der Waals surface area contributed by atoms with Crippen molar-refractivity contribution in [1.82, 2.24) is 0 Å². The summed E-state index contributed by atoms with van der Waals surface area (Å²) in [4.78, 5) is 0. The number of methoxy groups -OCH3 is 1. The lowest BCUT2D eigenvalue weighted by Gasteiger charge is -2.32. The average molecular weight is 221 g/mol. The van der Waals surface area contributed by atoms with Gasteiger partial charge in [0.05, 0.1) is 12.8 Å². The lowest BCUT2D eigenvalue weighted by molar-refractivity contribution is 0.109. The van der Waals surface area contributed by atoms with Crippen LogP contribution in [0.2, 0.25) is 0 Å². The normalized spacial score (nSPS) is 20.1. The van der Waals surface area contributed by atoms with Gasteiger partial charge in [-0.2, -0.15) is 0 Å². The summed E-state index contributed by atoms with van der Waals surface area (Å²) >= 11 is 0. The Balaban J connectivity index is 2.50. The summed E-state index contributed by atoms with van der Waals surface area (Å²) in [6.45, 7) is 3.92. The summed E-state index contributed by atoms with van der Waals surface area (Å²) in [7, 11) is 1.61. The first kappa shape index (κ1) is 10.8. The number of benzene rings is 1. The fraction of sp³-hybridized carbons (Fsp3) is 0.417. The Morgan fingerprint density at radius 1 is 1.44 bits per heavy atom. The molecule has 0 radical (unpaired) electrons. The van der Waals surface area contributed by atoms with Crippen LogP contribution in [0, 0.1) is 0 Å². The first-order valence-electron chi connectivity index (χ1n) is 5.14. The van der Waals surface area contributed by atoms with E-state index in [0.29, 0.717) is 17.9 Å². The molecule has 4 heteroatoms. The summed E-state index contributed by atoms with van der Waals surface area (Å²) in [5, 5.41) is 12.3. The molecule has 0 aromatic heterocycles. The summed E-state index contributed by atoms with van der Waals surface area (Å²) in [5.41, 5.74) is 1.11. The molecule has 1 heterocycles. The second-order valence-electron chi connectivity index (χ2n) is 4.45. The van der Waals surface area contributed by atoms with Gasteiger partial charge in [0.25, 0.3) is 0 Å². The number of nitrogens with zero attached hydrogens (tertiary/aromatic N) is 1. The van der Waals surface area contributed by atoms with Crippen LogP contribution in [-0.4, -0.2) is 23.6 Å². The minimum atomic E-state index is -0.360. The molecule has 1 aliphatic heterocycles. The van der Waals surface area contributed by atoms with Crippen LogP contribution in [0.15, 0.2) is 23.4 Å². The van der Waals surface area contributed by atoms with Crippen LogP contribution in [0.5, 0.6) is 11.5 Å². The van der Waals surface area contributed by atoms with Crippen LogP contribution in [0.3, 0.4) is 0 Å². The Kier molecular flexibility index (Phi) is 2.50. The fourth-order valence-electron chi connectivity index (χ4n) is 1.87. The molecule has 4 nitrogen and oxygen atoms in total. The van der Waals surface area contributed by atoms with Gasteiger partial charge in [-0.25, -0.2) is 0 Å². The van der Waals surface area contributed by atoms with E-state index in [0.717, 1.165) is 11.3 Å². The Hall–Kier alpha value is -1.71. The first-order chi connectivity index (χ1) is 7.55. The molecule has 0 amide bonds. The zero-order valence-electron chi connectivity index (χ0n) is 9.65. The van der Waals surface area contributed by atoms with Crippen molar-refractivity contribution in [2.75, 3.05) is 7.11 Å². The van der Waals surface area contributed by atoms with Crippen LogP contribution in [-0.2, 0) is 0 Å². The zero-order valence-corrected chi connectivity index (χ0v) is 9.65.